The summed E-state index contributed by atoms with van der Waals surface area (Å²) in [5.74, 6) is -1.37. The Morgan fingerprint density at radius 2 is 1.89 bits per heavy atom. The fourth-order valence-electron chi connectivity index (χ4n) is 2.90. The highest BCUT2D eigenvalue weighted by molar-refractivity contribution is 7.89. The second kappa shape index (κ2) is 8.39. The second-order valence-corrected chi connectivity index (χ2v) is 8.13. The molecule has 148 valence electrons. The highest BCUT2D eigenvalue weighted by Crippen LogP contribution is 2.26. The van der Waals surface area contributed by atoms with Gasteiger partial charge < -0.3 is 9.64 Å². The van der Waals surface area contributed by atoms with Gasteiger partial charge in [0, 0.05) is 19.3 Å². The fourth-order valence-corrected chi connectivity index (χ4v) is 4.08. The van der Waals surface area contributed by atoms with Gasteiger partial charge >= 0.3 is 5.97 Å². The molecule has 1 aliphatic rings. The molecule has 1 N–H and O–H groups in total. The van der Waals surface area contributed by atoms with Crippen LogP contribution in [0.4, 0.5) is 5.82 Å². The standard InChI is InChI=1S/C19H21N3O5S/c1-2-27-19(24)16-9-6-10-20-17(16)22-11-15(12-22)18(23)21-28(25,26)13-14-7-4-3-5-8-14/h3-10,15H,2,11-13H2,1H3,(H,21,23). The Bertz CT molecular complexity index is 957. The monoisotopic (exact) mass is 403 g/mol. The summed E-state index contributed by atoms with van der Waals surface area (Å²) in [5, 5.41) is 0. The minimum atomic E-state index is -3.77. The molecule has 0 bridgehead atoms. The number of rotatable bonds is 7. The van der Waals surface area contributed by atoms with Crippen LogP contribution in [0.2, 0.25) is 0 Å². The molecule has 8 nitrogen and oxygen atoms in total. The largest absolute Gasteiger partial charge is 0.462 e. The zero-order chi connectivity index (χ0) is 20.1. The zero-order valence-corrected chi connectivity index (χ0v) is 16.2. The Balaban J connectivity index is 1.59. The lowest BCUT2D eigenvalue weighted by Crippen LogP contribution is -2.55. The SMILES string of the molecule is CCOC(=O)c1cccnc1N1CC(C(=O)NS(=O)(=O)Cc2ccccc2)C1. The van der Waals surface area contributed by atoms with Gasteiger partial charge in [-0.15, -0.1) is 0 Å². The maximum absolute atomic E-state index is 12.3. The third-order valence-electron chi connectivity index (χ3n) is 4.29. The van der Waals surface area contributed by atoms with Gasteiger partial charge in [-0.3, -0.25) is 9.52 Å². The highest BCUT2D eigenvalue weighted by Gasteiger charge is 2.36. The number of pyridine rings is 1. The van der Waals surface area contributed by atoms with Crippen LogP contribution in [0.1, 0.15) is 22.8 Å². The van der Waals surface area contributed by atoms with Crippen LogP contribution >= 0.6 is 0 Å². The first kappa shape index (κ1) is 19.8. The molecule has 28 heavy (non-hydrogen) atoms. The van der Waals surface area contributed by atoms with Crippen molar-refractivity contribution in [2.45, 2.75) is 12.7 Å². The van der Waals surface area contributed by atoms with Crippen LogP contribution in [-0.4, -0.2) is 45.0 Å². The lowest BCUT2D eigenvalue weighted by Gasteiger charge is -2.39. The normalized spacial score (nSPS) is 14.2. The molecule has 1 aliphatic heterocycles. The average Bonchev–Trinajstić information content (AvgIpc) is 2.61. The van der Waals surface area contributed by atoms with Crippen LogP contribution < -0.4 is 9.62 Å². The summed E-state index contributed by atoms with van der Waals surface area (Å²) < 4.78 is 31.6. The zero-order valence-electron chi connectivity index (χ0n) is 15.4. The fraction of sp³-hybridized carbons (Fsp3) is 0.316. The van der Waals surface area contributed by atoms with Crippen molar-refractivity contribution in [3.8, 4) is 0 Å². The number of esters is 1. The number of carbonyl (C=O) groups excluding carboxylic acids is 2. The van der Waals surface area contributed by atoms with Crippen molar-refractivity contribution in [1.82, 2.24) is 9.71 Å². The van der Waals surface area contributed by atoms with Gasteiger partial charge in [0.05, 0.1) is 18.3 Å². The summed E-state index contributed by atoms with van der Waals surface area (Å²) in [6.45, 7) is 2.51. The van der Waals surface area contributed by atoms with Gasteiger partial charge in [0.2, 0.25) is 15.9 Å². The number of hydrogen-bond acceptors (Lipinski definition) is 7. The number of aromatic nitrogens is 1. The summed E-state index contributed by atoms with van der Waals surface area (Å²) in [5.41, 5.74) is 0.922. The van der Waals surface area contributed by atoms with Crippen molar-refractivity contribution in [3.63, 3.8) is 0 Å². The minimum absolute atomic E-state index is 0.247. The van der Waals surface area contributed by atoms with Crippen molar-refractivity contribution < 1.29 is 22.7 Å². The van der Waals surface area contributed by atoms with Gasteiger partial charge in [0.25, 0.3) is 0 Å². The van der Waals surface area contributed by atoms with Crippen molar-refractivity contribution in [2.24, 2.45) is 5.92 Å². The molecule has 3 rings (SSSR count). The van der Waals surface area contributed by atoms with Crippen LogP contribution in [0.3, 0.4) is 0 Å². The number of amides is 1. The maximum Gasteiger partial charge on any atom is 0.341 e. The Hall–Kier alpha value is -2.94. The van der Waals surface area contributed by atoms with E-state index in [9.17, 15) is 18.0 Å². The number of hydrogen-bond donors (Lipinski definition) is 1. The lowest BCUT2D eigenvalue weighted by molar-refractivity contribution is -0.123. The van der Waals surface area contributed by atoms with E-state index < -0.39 is 27.8 Å². The number of sulfonamides is 1. The molecule has 2 aromatic rings. The van der Waals surface area contributed by atoms with Gasteiger partial charge in [-0.1, -0.05) is 30.3 Å². The first-order valence-electron chi connectivity index (χ1n) is 8.85. The third kappa shape index (κ3) is 4.66. The Morgan fingerprint density at radius 3 is 2.57 bits per heavy atom. The molecule has 9 heteroatoms. The van der Waals surface area contributed by atoms with Crippen molar-refractivity contribution in [3.05, 3.63) is 59.8 Å². The van der Waals surface area contributed by atoms with E-state index in [2.05, 4.69) is 9.71 Å². The topological polar surface area (TPSA) is 106 Å². The summed E-state index contributed by atoms with van der Waals surface area (Å²) in [7, 11) is -3.77. The molecule has 1 fully saturated rings. The molecular formula is C19H21N3O5S. The van der Waals surface area contributed by atoms with Crippen LogP contribution in [0, 0.1) is 5.92 Å². The number of carbonyl (C=O) groups is 2. The summed E-state index contributed by atoms with van der Waals surface area (Å²) in [6.07, 6.45) is 1.55. The van der Waals surface area contributed by atoms with Crippen LogP contribution in [0.25, 0.3) is 0 Å². The molecule has 0 unspecified atom stereocenters. The van der Waals surface area contributed by atoms with E-state index in [4.69, 9.17) is 4.74 Å². The molecule has 1 amide bonds. The predicted octanol–water partition coefficient (Wildman–Crippen LogP) is 1.34. The summed E-state index contributed by atoms with van der Waals surface area (Å²) in [6, 6.07) is 11.9. The Labute approximate surface area is 163 Å². The maximum atomic E-state index is 12.3. The minimum Gasteiger partial charge on any atom is -0.462 e. The number of ether oxygens (including phenoxy) is 1. The predicted molar refractivity (Wildman–Crippen MR) is 103 cm³/mol. The molecular weight excluding hydrogens is 382 g/mol. The molecule has 0 aliphatic carbocycles. The van der Waals surface area contributed by atoms with E-state index >= 15 is 0 Å². The molecule has 0 atom stereocenters. The van der Waals surface area contributed by atoms with E-state index in [0.29, 0.717) is 16.9 Å². The van der Waals surface area contributed by atoms with Crippen LogP contribution in [-0.2, 0) is 25.3 Å². The van der Waals surface area contributed by atoms with E-state index in [1.54, 1.807) is 60.5 Å². The van der Waals surface area contributed by atoms with E-state index in [0.717, 1.165) is 0 Å². The summed E-state index contributed by atoms with van der Waals surface area (Å²) >= 11 is 0. The number of anilines is 1. The molecule has 0 radical (unpaired) electrons. The van der Waals surface area contributed by atoms with Crippen molar-refractivity contribution in [1.29, 1.82) is 0 Å². The molecule has 2 heterocycles. The first-order valence-corrected chi connectivity index (χ1v) is 10.5. The number of nitrogens with one attached hydrogen (secondary N) is 1. The average molecular weight is 403 g/mol. The van der Waals surface area contributed by atoms with Crippen molar-refractivity contribution >= 4 is 27.7 Å². The smallest absolute Gasteiger partial charge is 0.341 e. The molecule has 1 aromatic heterocycles. The van der Waals surface area contributed by atoms with Gasteiger partial charge in [0.1, 0.15) is 11.4 Å². The quantitative estimate of drug-likeness (QED) is 0.696. The van der Waals surface area contributed by atoms with Gasteiger partial charge in [0.15, 0.2) is 0 Å². The van der Waals surface area contributed by atoms with E-state index in [1.807, 2.05) is 0 Å². The molecule has 0 saturated carbocycles. The first-order chi connectivity index (χ1) is 13.4. The third-order valence-corrected chi connectivity index (χ3v) is 5.52. The van der Waals surface area contributed by atoms with Crippen LogP contribution in [0.15, 0.2) is 48.7 Å². The van der Waals surface area contributed by atoms with Gasteiger partial charge in [-0.05, 0) is 24.6 Å². The van der Waals surface area contributed by atoms with E-state index in [1.165, 1.54) is 0 Å². The molecule has 1 aromatic carbocycles. The number of benzene rings is 1. The Morgan fingerprint density at radius 1 is 1.18 bits per heavy atom. The second-order valence-electron chi connectivity index (χ2n) is 6.41. The molecule has 1 saturated heterocycles. The summed E-state index contributed by atoms with van der Waals surface area (Å²) in [4.78, 5) is 30.3. The van der Waals surface area contributed by atoms with E-state index in [-0.39, 0.29) is 25.4 Å². The number of nitrogens with zero attached hydrogens (tertiary/aromatic N) is 2. The lowest BCUT2D eigenvalue weighted by atomic mass is 9.99. The highest BCUT2D eigenvalue weighted by atomic mass is 32.2. The van der Waals surface area contributed by atoms with Crippen molar-refractivity contribution in [2.75, 3.05) is 24.6 Å². The van der Waals surface area contributed by atoms with Gasteiger partial charge in [-0.25, -0.2) is 18.2 Å². The Kier molecular flexibility index (Phi) is 5.93. The van der Waals surface area contributed by atoms with Crippen LogP contribution in [0.5, 0.6) is 0 Å². The van der Waals surface area contributed by atoms with Gasteiger partial charge in [-0.2, -0.15) is 0 Å². The molecule has 0 spiro atoms.